The first-order chi connectivity index (χ1) is 17.1. The number of anilines is 2. The maximum absolute atomic E-state index is 11.9. The van der Waals surface area contributed by atoms with Crippen LogP contribution in [0.4, 0.5) is 11.4 Å². The van der Waals surface area contributed by atoms with Crippen LogP contribution >= 0.6 is 12.2 Å². The SMILES string of the molecule is COc1ccc(N2C(=S)N[C@@H](c3ccccn3)[C@H]2c2cccn2C2CCCCC2)cc1NC(C)=O. The number of hydrogen-bond donors (Lipinski definition) is 2. The second-order valence-corrected chi connectivity index (χ2v) is 9.58. The number of benzene rings is 1. The molecule has 0 bridgehead atoms. The van der Waals surface area contributed by atoms with Crippen molar-refractivity contribution in [3.63, 3.8) is 0 Å². The second-order valence-electron chi connectivity index (χ2n) is 9.19. The lowest BCUT2D eigenvalue weighted by molar-refractivity contribution is -0.114. The molecule has 35 heavy (non-hydrogen) atoms. The van der Waals surface area contributed by atoms with Crippen molar-refractivity contribution in [1.29, 1.82) is 0 Å². The number of hydrogen-bond acceptors (Lipinski definition) is 4. The summed E-state index contributed by atoms with van der Waals surface area (Å²) in [5.74, 6) is 0.446. The van der Waals surface area contributed by atoms with Crippen molar-refractivity contribution < 1.29 is 9.53 Å². The van der Waals surface area contributed by atoms with E-state index in [2.05, 4.69) is 43.4 Å². The van der Waals surface area contributed by atoms with Crippen molar-refractivity contribution in [2.75, 3.05) is 17.3 Å². The zero-order chi connectivity index (χ0) is 24.4. The van der Waals surface area contributed by atoms with E-state index in [-0.39, 0.29) is 18.0 Å². The molecular formula is C27H31N5O2S. The minimum absolute atomic E-state index is 0.104. The van der Waals surface area contributed by atoms with E-state index in [1.165, 1.54) is 44.7 Å². The maximum atomic E-state index is 11.9. The molecule has 8 heteroatoms. The molecule has 2 aromatic heterocycles. The Hall–Kier alpha value is -3.39. The van der Waals surface area contributed by atoms with Crippen LogP contribution < -0.4 is 20.3 Å². The number of rotatable bonds is 6. The Morgan fingerprint density at radius 1 is 1.14 bits per heavy atom. The number of carbonyl (C=O) groups is 1. The summed E-state index contributed by atoms with van der Waals surface area (Å²) in [5, 5.41) is 7.05. The highest BCUT2D eigenvalue weighted by atomic mass is 32.1. The first-order valence-electron chi connectivity index (χ1n) is 12.2. The summed E-state index contributed by atoms with van der Waals surface area (Å²) in [6.45, 7) is 1.49. The van der Waals surface area contributed by atoms with Crippen LogP contribution in [0.15, 0.2) is 60.9 Å². The van der Waals surface area contributed by atoms with E-state index >= 15 is 0 Å². The van der Waals surface area contributed by atoms with Gasteiger partial charge in [-0.15, -0.1) is 0 Å². The third-order valence-corrected chi connectivity index (χ3v) is 7.27. The van der Waals surface area contributed by atoms with Gasteiger partial charge in [-0.3, -0.25) is 9.78 Å². The Balaban J connectivity index is 1.61. The van der Waals surface area contributed by atoms with Gasteiger partial charge in [-0.1, -0.05) is 25.3 Å². The number of aromatic nitrogens is 2. The van der Waals surface area contributed by atoms with Gasteiger partial charge < -0.3 is 24.8 Å². The average molecular weight is 490 g/mol. The monoisotopic (exact) mass is 489 g/mol. The Labute approximate surface area is 211 Å². The Kier molecular flexibility index (Phi) is 6.72. The fourth-order valence-electron chi connectivity index (χ4n) is 5.42. The summed E-state index contributed by atoms with van der Waals surface area (Å²) in [7, 11) is 1.60. The van der Waals surface area contributed by atoms with Crippen molar-refractivity contribution in [3.05, 3.63) is 72.3 Å². The fourth-order valence-corrected chi connectivity index (χ4v) is 5.76. The topological polar surface area (TPSA) is 71.4 Å². The molecule has 2 atom stereocenters. The van der Waals surface area contributed by atoms with Crippen LogP contribution in [0.25, 0.3) is 0 Å². The van der Waals surface area contributed by atoms with Gasteiger partial charge in [0.2, 0.25) is 5.91 Å². The lowest BCUT2D eigenvalue weighted by Crippen LogP contribution is -2.31. The first-order valence-corrected chi connectivity index (χ1v) is 12.6. The molecule has 3 heterocycles. The zero-order valence-electron chi connectivity index (χ0n) is 20.1. The summed E-state index contributed by atoms with van der Waals surface area (Å²) in [6.07, 6.45) is 10.2. The predicted molar refractivity (Wildman–Crippen MR) is 142 cm³/mol. The molecule has 1 amide bonds. The Morgan fingerprint density at radius 3 is 2.69 bits per heavy atom. The van der Waals surface area contributed by atoms with E-state index in [0.29, 0.717) is 22.6 Å². The fraction of sp³-hybridized carbons (Fsp3) is 0.370. The number of nitrogens with zero attached hydrogens (tertiary/aromatic N) is 3. The van der Waals surface area contributed by atoms with Gasteiger partial charge in [-0.05, 0) is 67.5 Å². The molecule has 0 spiro atoms. The van der Waals surface area contributed by atoms with Gasteiger partial charge in [0.05, 0.1) is 24.5 Å². The summed E-state index contributed by atoms with van der Waals surface area (Å²) in [6, 6.07) is 16.4. The molecule has 2 aliphatic rings. The Morgan fingerprint density at radius 2 is 1.97 bits per heavy atom. The third-order valence-electron chi connectivity index (χ3n) is 6.95. The van der Waals surface area contributed by atoms with Gasteiger partial charge in [-0.2, -0.15) is 0 Å². The van der Waals surface area contributed by atoms with E-state index in [1.807, 2.05) is 42.6 Å². The van der Waals surface area contributed by atoms with E-state index in [1.54, 1.807) is 7.11 Å². The maximum Gasteiger partial charge on any atom is 0.221 e. The number of pyridine rings is 1. The Bertz CT molecular complexity index is 1210. The molecule has 1 aliphatic heterocycles. The molecule has 2 fully saturated rings. The molecule has 1 aliphatic carbocycles. The van der Waals surface area contributed by atoms with Crippen molar-refractivity contribution in [2.45, 2.75) is 57.2 Å². The molecule has 182 valence electrons. The normalized spacial score (nSPS) is 20.5. The van der Waals surface area contributed by atoms with Crippen LogP contribution in [0.1, 0.15) is 68.5 Å². The van der Waals surface area contributed by atoms with Gasteiger partial charge in [0, 0.05) is 36.7 Å². The van der Waals surface area contributed by atoms with Gasteiger partial charge in [-0.25, -0.2) is 0 Å². The van der Waals surface area contributed by atoms with Crippen LogP contribution in [-0.4, -0.2) is 27.7 Å². The quantitative estimate of drug-likeness (QED) is 0.444. The van der Waals surface area contributed by atoms with Crippen LogP contribution in [0, 0.1) is 0 Å². The summed E-state index contributed by atoms with van der Waals surface area (Å²) in [5.41, 5.74) is 3.64. The number of methoxy groups -OCH3 is 1. The van der Waals surface area contributed by atoms with Crippen molar-refractivity contribution in [1.82, 2.24) is 14.9 Å². The average Bonchev–Trinajstić information content (AvgIpc) is 3.49. The van der Waals surface area contributed by atoms with Gasteiger partial charge >= 0.3 is 0 Å². The van der Waals surface area contributed by atoms with Gasteiger partial charge in [0.1, 0.15) is 11.8 Å². The molecule has 2 N–H and O–H groups in total. The smallest absolute Gasteiger partial charge is 0.221 e. The van der Waals surface area contributed by atoms with Crippen LogP contribution in [0.3, 0.4) is 0 Å². The van der Waals surface area contributed by atoms with Gasteiger partial charge in [0.15, 0.2) is 5.11 Å². The lowest BCUT2D eigenvalue weighted by Gasteiger charge is -2.32. The van der Waals surface area contributed by atoms with Gasteiger partial charge in [0.25, 0.3) is 0 Å². The molecule has 1 saturated heterocycles. The highest BCUT2D eigenvalue weighted by Gasteiger charge is 2.42. The molecule has 1 saturated carbocycles. The number of ether oxygens (including phenoxy) is 1. The van der Waals surface area contributed by atoms with Crippen molar-refractivity contribution in [2.24, 2.45) is 0 Å². The summed E-state index contributed by atoms with van der Waals surface area (Å²) < 4.78 is 7.93. The van der Waals surface area contributed by atoms with E-state index < -0.39 is 0 Å². The standard InChI is InChI=1S/C27H31N5O2S/c1-18(33)29-22-17-20(13-14-24(22)34-2)32-26(25(30-27(32)35)21-11-6-7-15-28-21)23-12-8-16-31(23)19-9-4-3-5-10-19/h6-8,11-17,19,25-26H,3-5,9-10H2,1-2H3,(H,29,33)(H,30,35)/t25-,26+/m0/s1. The van der Waals surface area contributed by atoms with E-state index in [4.69, 9.17) is 17.0 Å². The highest BCUT2D eigenvalue weighted by molar-refractivity contribution is 7.80. The molecule has 1 aromatic carbocycles. The third kappa shape index (κ3) is 4.62. The zero-order valence-corrected chi connectivity index (χ0v) is 20.9. The molecule has 0 radical (unpaired) electrons. The highest BCUT2D eigenvalue weighted by Crippen LogP contribution is 2.44. The van der Waals surface area contributed by atoms with Crippen LogP contribution in [0.2, 0.25) is 0 Å². The molecule has 0 unspecified atom stereocenters. The number of carbonyl (C=O) groups excluding carboxylic acids is 1. The summed E-state index contributed by atoms with van der Waals surface area (Å²) in [4.78, 5) is 18.7. The minimum Gasteiger partial charge on any atom is -0.495 e. The van der Waals surface area contributed by atoms with Crippen molar-refractivity contribution in [3.8, 4) is 5.75 Å². The largest absolute Gasteiger partial charge is 0.495 e. The molecule has 5 rings (SSSR count). The van der Waals surface area contributed by atoms with E-state index in [9.17, 15) is 4.79 Å². The van der Waals surface area contributed by atoms with Crippen LogP contribution in [-0.2, 0) is 4.79 Å². The second kappa shape index (κ2) is 10.1. The first kappa shape index (κ1) is 23.4. The number of nitrogens with one attached hydrogen (secondary N) is 2. The number of amides is 1. The van der Waals surface area contributed by atoms with Crippen LogP contribution in [0.5, 0.6) is 5.75 Å². The summed E-state index contributed by atoms with van der Waals surface area (Å²) >= 11 is 5.90. The minimum atomic E-state index is -0.156. The lowest BCUT2D eigenvalue weighted by atomic mass is 9.94. The molecular weight excluding hydrogens is 458 g/mol. The predicted octanol–water partition coefficient (Wildman–Crippen LogP) is 5.53. The molecule has 3 aromatic rings. The van der Waals surface area contributed by atoms with Crippen molar-refractivity contribution >= 4 is 34.6 Å². The molecule has 7 nitrogen and oxygen atoms in total. The number of thiocarbonyl (C=S) groups is 1. The van der Waals surface area contributed by atoms with E-state index in [0.717, 1.165) is 11.4 Å².